The third-order valence-corrected chi connectivity index (χ3v) is 2.15. The maximum absolute atomic E-state index is 9.72. The van der Waals surface area contributed by atoms with Gasteiger partial charge in [-0.25, -0.2) is 4.90 Å². The van der Waals surface area contributed by atoms with Crippen molar-refractivity contribution in [2.45, 2.75) is 65.5 Å². The molecule has 0 rings (SSSR count). The highest BCUT2D eigenvalue weighted by molar-refractivity contribution is 4.79. The highest BCUT2D eigenvalue weighted by atomic mass is 16.3. The molecule has 2 atom stereocenters. The number of nitrogens with zero attached hydrogens (tertiary/aromatic N) is 1. The van der Waals surface area contributed by atoms with Crippen LogP contribution in [0.1, 0.15) is 47.5 Å². The summed E-state index contributed by atoms with van der Waals surface area (Å²) >= 11 is 0. The van der Waals surface area contributed by atoms with Gasteiger partial charge in [-0.15, -0.1) is 0 Å². The van der Waals surface area contributed by atoms with Crippen molar-refractivity contribution in [3.05, 3.63) is 0 Å². The lowest BCUT2D eigenvalue weighted by Gasteiger charge is -2.41. The molecule has 2 unspecified atom stereocenters. The molecule has 13 heavy (non-hydrogen) atoms. The second-order valence-corrected chi connectivity index (χ2v) is 4.36. The maximum Gasteiger partial charge on any atom is 0.109 e. The van der Waals surface area contributed by atoms with Crippen molar-refractivity contribution in [3.8, 4) is 0 Å². The molecular formula is C10H23NO2. The Bertz CT molecular complexity index is 132. The van der Waals surface area contributed by atoms with Crippen LogP contribution in [-0.4, -0.2) is 33.1 Å². The van der Waals surface area contributed by atoms with E-state index in [-0.39, 0.29) is 5.54 Å². The fourth-order valence-corrected chi connectivity index (χ4v) is 1.49. The zero-order valence-corrected chi connectivity index (χ0v) is 9.41. The van der Waals surface area contributed by atoms with Crippen molar-refractivity contribution in [3.63, 3.8) is 0 Å². The lowest BCUT2D eigenvalue weighted by Crippen LogP contribution is -2.53. The first-order valence-corrected chi connectivity index (χ1v) is 4.99. The van der Waals surface area contributed by atoms with Gasteiger partial charge in [0.2, 0.25) is 0 Å². The predicted molar refractivity (Wildman–Crippen MR) is 54.2 cm³/mol. The van der Waals surface area contributed by atoms with E-state index in [1.807, 2.05) is 34.6 Å². The number of hydrogen-bond donors (Lipinski definition) is 2. The summed E-state index contributed by atoms with van der Waals surface area (Å²) in [6.45, 7) is 9.79. The van der Waals surface area contributed by atoms with Crippen LogP contribution in [0.3, 0.4) is 0 Å². The van der Waals surface area contributed by atoms with Gasteiger partial charge in [-0.3, -0.25) is 0 Å². The summed E-state index contributed by atoms with van der Waals surface area (Å²) in [7, 11) is 0. The van der Waals surface area contributed by atoms with Crippen LogP contribution in [0.25, 0.3) is 0 Å². The Morgan fingerprint density at radius 2 is 1.31 bits per heavy atom. The minimum absolute atomic E-state index is 0.204. The van der Waals surface area contributed by atoms with Gasteiger partial charge < -0.3 is 10.2 Å². The second kappa shape index (κ2) is 4.94. The van der Waals surface area contributed by atoms with Crippen molar-refractivity contribution in [1.82, 2.24) is 4.90 Å². The van der Waals surface area contributed by atoms with Crippen molar-refractivity contribution >= 4 is 0 Å². The smallest absolute Gasteiger partial charge is 0.109 e. The molecule has 0 aromatic rings. The molecule has 0 aromatic carbocycles. The number of hydrogen-bond acceptors (Lipinski definition) is 3. The van der Waals surface area contributed by atoms with Crippen molar-refractivity contribution in [2.24, 2.45) is 0 Å². The van der Waals surface area contributed by atoms with Crippen LogP contribution in [0.5, 0.6) is 0 Å². The zero-order chi connectivity index (χ0) is 10.6. The second-order valence-electron chi connectivity index (χ2n) is 4.36. The lowest BCUT2D eigenvalue weighted by atomic mass is 10.0. The highest BCUT2D eigenvalue weighted by Crippen LogP contribution is 2.21. The van der Waals surface area contributed by atoms with Crippen LogP contribution < -0.4 is 0 Å². The molecule has 0 aromatic heterocycles. The van der Waals surface area contributed by atoms with Gasteiger partial charge in [-0.05, 0) is 33.6 Å². The first kappa shape index (κ1) is 12.9. The van der Waals surface area contributed by atoms with Crippen molar-refractivity contribution in [2.75, 3.05) is 0 Å². The van der Waals surface area contributed by atoms with Crippen molar-refractivity contribution in [1.29, 1.82) is 0 Å². The van der Waals surface area contributed by atoms with Crippen LogP contribution >= 0.6 is 0 Å². The quantitative estimate of drug-likeness (QED) is 0.659. The monoisotopic (exact) mass is 189 g/mol. The largest absolute Gasteiger partial charge is 0.378 e. The number of rotatable bonds is 4. The Labute approximate surface area is 81.4 Å². The summed E-state index contributed by atoms with van der Waals surface area (Å²) < 4.78 is 0. The Morgan fingerprint density at radius 3 is 1.46 bits per heavy atom. The SMILES string of the molecule is CCC(O)N(C(O)CC)C(C)(C)C. The number of aliphatic hydroxyl groups is 2. The summed E-state index contributed by atoms with van der Waals surface area (Å²) in [6, 6.07) is 0. The summed E-state index contributed by atoms with van der Waals surface area (Å²) in [6.07, 6.45) is 0.146. The third-order valence-electron chi connectivity index (χ3n) is 2.15. The number of aliphatic hydroxyl groups excluding tert-OH is 2. The van der Waals surface area contributed by atoms with Gasteiger partial charge in [0.15, 0.2) is 0 Å². The van der Waals surface area contributed by atoms with E-state index in [0.29, 0.717) is 12.8 Å². The molecule has 0 spiro atoms. The van der Waals surface area contributed by atoms with Crippen LogP contribution in [0, 0.1) is 0 Å². The topological polar surface area (TPSA) is 43.7 Å². The third kappa shape index (κ3) is 3.63. The molecule has 0 aliphatic carbocycles. The average Bonchev–Trinajstić information content (AvgIpc) is 2.01. The van der Waals surface area contributed by atoms with E-state index in [1.54, 1.807) is 4.90 Å². The molecule has 0 amide bonds. The normalized spacial score (nSPS) is 17.5. The molecule has 3 nitrogen and oxygen atoms in total. The minimum atomic E-state index is -0.560. The molecule has 0 heterocycles. The zero-order valence-electron chi connectivity index (χ0n) is 9.41. The van der Waals surface area contributed by atoms with Crippen LogP contribution in [0.15, 0.2) is 0 Å². The van der Waals surface area contributed by atoms with E-state index in [0.717, 1.165) is 0 Å². The Morgan fingerprint density at radius 1 is 1.00 bits per heavy atom. The van der Waals surface area contributed by atoms with E-state index in [4.69, 9.17) is 0 Å². The summed E-state index contributed by atoms with van der Waals surface area (Å²) in [5, 5.41) is 19.4. The maximum atomic E-state index is 9.72. The first-order valence-electron chi connectivity index (χ1n) is 4.99. The van der Waals surface area contributed by atoms with Crippen molar-refractivity contribution < 1.29 is 10.2 Å². The molecule has 0 aliphatic rings. The van der Waals surface area contributed by atoms with Crippen LogP contribution in [0.2, 0.25) is 0 Å². The molecule has 2 N–H and O–H groups in total. The lowest BCUT2D eigenvalue weighted by molar-refractivity contribution is -0.147. The Balaban J connectivity index is 4.55. The summed E-state index contributed by atoms with van der Waals surface area (Å²) in [4.78, 5) is 1.74. The molecule has 0 aliphatic heterocycles. The molecule has 0 saturated carbocycles. The van der Waals surface area contributed by atoms with Crippen LogP contribution in [-0.2, 0) is 0 Å². The molecule has 80 valence electrons. The highest BCUT2D eigenvalue weighted by Gasteiger charge is 2.31. The molecular weight excluding hydrogens is 166 g/mol. The van der Waals surface area contributed by atoms with E-state index in [1.165, 1.54) is 0 Å². The fourth-order valence-electron chi connectivity index (χ4n) is 1.49. The van der Waals surface area contributed by atoms with Gasteiger partial charge in [0.1, 0.15) is 12.5 Å². The molecule has 0 bridgehead atoms. The van der Waals surface area contributed by atoms with Gasteiger partial charge >= 0.3 is 0 Å². The summed E-state index contributed by atoms with van der Waals surface area (Å²) in [5.41, 5.74) is -0.204. The van der Waals surface area contributed by atoms with Gasteiger partial charge in [-0.1, -0.05) is 13.8 Å². The van der Waals surface area contributed by atoms with Gasteiger partial charge in [-0.2, -0.15) is 0 Å². The van der Waals surface area contributed by atoms with E-state index in [9.17, 15) is 10.2 Å². The van der Waals surface area contributed by atoms with Crippen LogP contribution in [0.4, 0.5) is 0 Å². The Kier molecular flexibility index (Phi) is 4.89. The summed E-state index contributed by atoms with van der Waals surface area (Å²) in [5.74, 6) is 0. The predicted octanol–water partition coefficient (Wildman–Crippen LogP) is 1.54. The molecule has 3 heteroatoms. The van der Waals surface area contributed by atoms with Gasteiger partial charge in [0.05, 0.1) is 0 Å². The fraction of sp³-hybridized carbons (Fsp3) is 1.00. The minimum Gasteiger partial charge on any atom is -0.378 e. The molecule has 0 saturated heterocycles. The van der Waals surface area contributed by atoms with E-state index < -0.39 is 12.5 Å². The Hall–Kier alpha value is -0.120. The van der Waals surface area contributed by atoms with Gasteiger partial charge in [0, 0.05) is 5.54 Å². The van der Waals surface area contributed by atoms with E-state index in [2.05, 4.69) is 0 Å². The molecule has 0 fully saturated rings. The standard InChI is InChI=1S/C10H23NO2/c1-6-8(12)11(9(13)7-2)10(3,4)5/h8-9,12-13H,6-7H2,1-5H3. The molecule has 0 radical (unpaired) electrons. The average molecular weight is 189 g/mol. The van der Waals surface area contributed by atoms with E-state index >= 15 is 0 Å². The first-order chi connectivity index (χ1) is 5.84. The van der Waals surface area contributed by atoms with Gasteiger partial charge in [0.25, 0.3) is 0 Å².